The summed E-state index contributed by atoms with van der Waals surface area (Å²) in [5.74, 6) is 1.21. The fourth-order valence-electron chi connectivity index (χ4n) is 2.85. The van der Waals surface area contributed by atoms with Crippen LogP contribution in [-0.2, 0) is 6.54 Å². The van der Waals surface area contributed by atoms with Gasteiger partial charge in [-0.3, -0.25) is 0 Å². The van der Waals surface area contributed by atoms with E-state index < -0.39 is 0 Å². The van der Waals surface area contributed by atoms with E-state index in [0.29, 0.717) is 23.1 Å². The predicted molar refractivity (Wildman–Crippen MR) is 90.8 cm³/mol. The number of amides is 2. The fraction of sp³-hybridized carbons (Fsp3) is 0.375. The number of aromatic nitrogens is 2. The van der Waals surface area contributed by atoms with Gasteiger partial charge in [0.1, 0.15) is 5.82 Å². The Bertz CT molecular complexity index is 675. The van der Waals surface area contributed by atoms with Crippen LogP contribution < -0.4 is 5.32 Å². The molecule has 2 N–H and O–H groups in total. The van der Waals surface area contributed by atoms with E-state index in [0.717, 1.165) is 30.8 Å². The number of likely N-dealkylation sites (tertiary alicyclic amines) is 1. The van der Waals surface area contributed by atoms with Crippen LogP contribution in [0, 0.1) is 0 Å². The number of H-pyrrole nitrogens is 1. The van der Waals surface area contributed by atoms with Crippen molar-refractivity contribution >= 4 is 29.2 Å². The third kappa shape index (κ3) is 3.98. The number of piperidine rings is 1. The first-order valence-corrected chi connectivity index (χ1v) is 8.35. The van der Waals surface area contributed by atoms with Crippen LogP contribution in [0.25, 0.3) is 0 Å². The van der Waals surface area contributed by atoms with Crippen LogP contribution in [-0.4, -0.2) is 34.0 Å². The van der Waals surface area contributed by atoms with Gasteiger partial charge in [-0.1, -0.05) is 23.2 Å². The number of imidazole rings is 1. The molecule has 1 saturated heterocycles. The zero-order chi connectivity index (χ0) is 16.2. The van der Waals surface area contributed by atoms with Crippen LogP contribution >= 0.6 is 23.2 Å². The van der Waals surface area contributed by atoms with Crippen LogP contribution in [0.5, 0.6) is 0 Å². The zero-order valence-electron chi connectivity index (χ0n) is 12.6. The molecule has 7 heteroatoms. The number of rotatable bonds is 3. The third-order valence-corrected chi connectivity index (χ3v) is 4.66. The van der Waals surface area contributed by atoms with E-state index in [1.165, 1.54) is 0 Å². The molecule has 1 aromatic carbocycles. The smallest absolute Gasteiger partial charge is 0.317 e. The van der Waals surface area contributed by atoms with Gasteiger partial charge >= 0.3 is 6.03 Å². The van der Waals surface area contributed by atoms with Crippen LogP contribution in [0.3, 0.4) is 0 Å². The van der Waals surface area contributed by atoms with Crippen molar-refractivity contribution in [2.75, 3.05) is 13.1 Å². The minimum atomic E-state index is -0.0858. The molecule has 5 nitrogen and oxygen atoms in total. The Labute approximate surface area is 145 Å². The molecule has 0 saturated carbocycles. The lowest BCUT2D eigenvalue weighted by Gasteiger charge is -2.32. The molecule has 1 aliphatic rings. The van der Waals surface area contributed by atoms with Gasteiger partial charge in [0.15, 0.2) is 0 Å². The Hall–Kier alpha value is -1.72. The molecule has 23 heavy (non-hydrogen) atoms. The molecule has 0 radical (unpaired) electrons. The van der Waals surface area contributed by atoms with E-state index in [1.54, 1.807) is 24.4 Å². The number of nitrogens with one attached hydrogen (secondary N) is 2. The predicted octanol–water partition coefficient (Wildman–Crippen LogP) is 3.81. The average molecular weight is 353 g/mol. The summed E-state index contributed by atoms with van der Waals surface area (Å²) in [6.07, 6.45) is 5.57. The molecule has 0 unspecified atom stereocenters. The van der Waals surface area contributed by atoms with Crippen LogP contribution in [0.4, 0.5) is 4.79 Å². The van der Waals surface area contributed by atoms with Crippen molar-refractivity contribution in [3.8, 4) is 0 Å². The third-order valence-electron chi connectivity index (χ3n) is 4.05. The van der Waals surface area contributed by atoms with E-state index >= 15 is 0 Å². The lowest BCUT2D eigenvalue weighted by atomic mass is 9.98. The first-order valence-electron chi connectivity index (χ1n) is 7.59. The van der Waals surface area contributed by atoms with Crippen molar-refractivity contribution in [3.05, 3.63) is 52.0 Å². The number of carbonyl (C=O) groups is 1. The Morgan fingerprint density at radius 3 is 3.09 bits per heavy atom. The van der Waals surface area contributed by atoms with Crippen molar-refractivity contribution in [2.45, 2.75) is 25.3 Å². The monoisotopic (exact) mass is 352 g/mol. The topological polar surface area (TPSA) is 61.0 Å². The van der Waals surface area contributed by atoms with Gasteiger partial charge in [0.05, 0.1) is 0 Å². The molecule has 2 amide bonds. The highest BCUT2D eigenvalue weighted by molar-refractivity contribution is 6.33. The number of urea groups is 1. The SMILES string of the molecule is O=C(NCc1cc(Cl)ccc1Cl)N1CCC[C@H](c2ncc[nH]2)C1. The number of aromatic amines is 1. The first-order chi connectivity index (χ1) is 11.1. The standard InChI is InChI=1S/C16H18Cl2N4O/c17-13-3-4-14(18)12(8-13)9-21-16(23)22-7-1-2-11(10-22)15-19-5-6-20-15/h3-6,8,11H,1-2,7,9-10H2,(H,19,20)(H,21,23)/t11-/m0/s1. The van der Waals surface area contributed by atoms with Gasteiger partial charge in [-0.05, 0) is 36.6 Å². The number of halogens is 2. The highest BCUT2D eigenvalue weighted by Gasteiger charge is 2.26. The van der Waals surface area contributed by atoms with Crippen molar-refractivity contribution in [1.82, 2.24) is 20.2 Å². The van der Waals surface area contributed by atoms with Gasteiger partial charge in [0.2, 0.25) is 0 Å². The molecule has 1 atom stereocenters. The average Bonchev–Trinajstić information content (AvgIpc) is 3.10. The maximum Gasteiger partial charge on any atom is 0.317 e. The summed E-state index contributed by atoms with van der Waals surface area (Å²) in [4.78, 5) is 21.7. The lowest BCUT2D eigenvalue weighted by Crippen LogP contribution is -2.44. The summed E-state index contributed by atoms with van der Waals surface area (Å²) < 4.78 is 0. The van der Waals surface area contributed by atoms with Gasteiger partial charge in [-0.15, -0.1) is 0 Å². The Morgan fingerprint density at radius 2 is 2.30 bits per heavy atom. The van der Waals surface area contributed by atoms with Crippen LogP contribution in [0.1, 0.15) is 30.1 Å². The van der Waals surface area contributed by atoms with Gasteiger partial charge in [-0.25, -0.2) is 9.78 Å². The number of nitrogens with zero attached hydrogens (tertiary/aromatic N) is 2. The highest BCUT2D eigenvalue weighted by atomic mass is 35.5. The molecule has 1 fully saturated rings. The molecule has 0 aliphatic carbocycles. The molecule has 2 heterocycles. The van der Waals surface area contributed by atoms with Gasteiger partial charge in [0, 0.05) is 48.0 Å². The summed E-state index contributed by atoms with van der Waals surface area (Å²) in [6, 6.07) is 5.15. The van der Waals surface area contributed by atoms with E-state index in [-0.39, 0.29) is 11.9 Å². The number of carbonyl (C=O) groups excluding carboxylic acids is 1. The second-order valence-corrected chi connectivity index (χ2v) is 6.50. The maximum absolute atomic E-state index is 12.4. The number of benzene rings is 1. The first kappa shape index (κ1) is 16.1. The van der Waals surface area contributed by atoms with Gasteiger partial charge < -0.3 is 15.2 Å². The molecule has 1 aromatic heterocycles. The van der Waals surface area contributed by atoms with Crippen LogP contribution in [0.15, 0.2) is 30.6 Å². The van der Waals surface area contributed by atoms with Crippen molar-refractivity contribution in [3.63, 3.8) is 0 Å². The second-order valence-electron chi connectivity index (χ2n) is 5.65. The molecule has 0 bridgehead atoms. The van der Waals surface area contributed by atoms with Gasteiger partial charge in [0.25, 0.3) is 0 Å². The number of hydrogen-bond donors (Lipinski definition) is 2. The van der Waals surface area contributed by atoms with Crippen LogP contribution in [0.2, 0.25) is 10.0 Å². The molecular formula is C16H18Cl2N4O. The molecule has 122 valence electrons. The highest BCUT2D eigenvalue weighted by Crippen LogP contribution is 2.24. The largest absolute Gasteiger partial charge is 0.348 e. The summed E-state index contributed by atoms with van der Waals surface area (Å²) in [5, 5.41) is 4.12. The molecule has 2 aromatic rings. The van der Waals surface area contributed by atoms with Crippen molar-refractivity contribution < 1.29 is 4.79 Å². The van der Waals surface area contributed by atoms with E-state index in [1.807, 2.05) is 11.1 Å². The number of hydrogen-bond acceptors (Lipinski definition) is 2. The molecular weight excluding hydrogens is 335 g/mol. The van der Waals surface area contributed by atoms with E-state index in [9.17, 15) is 4.79 Å². The van der Waals surface area contributed by atoms with E-state index in [2.05, 4.69) is 15.3 Å². The Morgan fingerprint density at radius 1 is 1.43 bits per heavy atom. The minimum Gasteiger partial charge on any atom is -0.348 e. The van der Waals surface area contributed by atoms with E-state index in [4.69, 9.17) is 23.2 Å². The fourth-order valence-corrected chi connectivity index (χ4v) is 3.23. The maximum atomic E-state index is 12.4. The molecule has 1 aliphatic heterocycles. The van der Waals surface area contributed by atoms with Crippen molar-refractivity contribution in [2.24, 2.45) is 0 Å². The quantitative estimate of drug-likeness (QED) is 0.882. The minimum absolute atomic E-state index is 0.0858. The normalized spacial score (nSPS) is 18.0. The summed E-state index contributed by atoms with van der Waals surface area (Å²) >= 11 is 12.1. The summed E-state index contributed by atoms with van der Waals surface area (Å²) in [6.45, 7) is 1.79. The van der Waals surface area contributed by atoms with Crippen molar-refractivity contribution in [1.29, 1.82) is 0 Å². The Balaban J connectivity index is 1.58. The lowest BCUT2D eigenvalue weighted by molar-refractivity contribution is 0.178. The summed E-state index contributed by atoms with van der Waals surface area (Å²) in [5.41, 5.74) is 0.812. The molecule has 0 spiro atoms. The Kier molecular flexibility index (Phi) is 5.08. The van der Waals surface area contributed by atoms with Gasteiger partial charge in [-0.2, -0.15) is 0 Å². The summed E-state index contributed by atoms with van der Waals surface area (Å²) in [7, 11) is 0. The second kappa shape index (κ2) is 7.23. The zero-order valence-corrected chi connectivity index (χ0v) is 14.1. The molecule has 3 rings (SSSR count).